The highest BCUT2D eigenvalue weighted by atomic mass is 16.6. The first-order valence-corrected chi connectivity index (χ1v) is 11.4. The van der Waals surface area contributed by atoms with Gasteiger partial charge < -0.3 is 24.8 Å². The maximum Gasteiger partial charge on any atom is 0.407 e. The van der Waals surface area contributed by atoms with Crippen LogP contribution in [0.25, 0.3) is 22.3 Å². The summed E-state index contributed by atoms with van der Waals surface area (Å²) < 4.78 is 10.6. The van der Waals surface area contributed by atoms with Crippen LogP contribution in [0.2, 0.25) is 0 Å². The molecule has 2 fully saturated rings. The smallest absolute Gasteiger partial charge is 0.407 e. The van der Waals surface area contributed by atoms with Gasteiger partial charge >= 0.3 is 6.09 Å². The summed E-state index contributed by atoms with van der Waals surface area (Å²) in [5.41, 5.74) is 2.57. The SMILES string of the molecule is Cc1ccc2c(N3CCC(CNC(=O)O[C@H]4CCOC4)C3)nc(-c3ccccc3O)nc2c1. The summed E-state index contributed by atoms with van der Waals surface area (Å²) in [4.78, 5) is 24.0. The van der Waals surface area contributed by atoms with E-state index in [1.807, 2.05) is 25.1 Å². The number of benzene rings is 2. The molecule has 8 nitrogen and oxygen atoms in total. The molecule has 0 bridgehead atoms. The molecule has 172 valence electrons. The van der Waals surface area contributed by atoms with E-state index in [0.29, 0.717) is 37.1 Å². The van der Waals surface area contributed by atoms with E-state index in [9.17, 15) is 9.90 Å². The molecule has 1 aromatic heterocycles. The third-order valence-corrected chi connectivity index (χ3v) is 6.26. The average Bonchev–Trinajstić information content (AvgIpc) is 3.49. The Bertz CT molecular complexity index is 1160. The first kappa shape index (κ1) is 21.5. The van der Waals surface area contributed by atoms with E-state index in [-0.39, 0.29) is 17.9 Å². The van der Waals surface area contributed by atoms with Crippen LogP contribution in [0, 0.1) is 12.8 Å². The van der Waals surface area contributed by atoms with Crippen molar-refractivity contribution in [3.63, 3.8) is 0 Å². The van der Waals surface area contributed by atoms with Gasteiger partial charge in [-0.3, -0.25) is 0 Å². The molecule has 8 heteroatoms. The molecule has 2 N–H and O–H groups in total. The van der Waals surface area contributed by atoms with Crippen molar-refractivity contribution >= 4 is 22.8 Å². The van der Waals surface area contributed by atoms with Gasteiger partial charge in [0, 0.05) is 31.4 Å². The molecule has 0 saturated carbocycles. The first-order chi connectivity index (χ1) is 16.1. The third kappa shape index (κ3) is 4.71. The van der Waals surface area contributed by atoms with Gasteiger partial charge in [-0.1, -0.05) is 18.2 Å². The number of anilines is 1. The number of para-hydroxylation sites is 1. The number of phenolic OH excluding ortho intramolecular Hbond substituents is 1. The van der Waals surface area contributed by atoms with Crippen LogP contribution in [0.3, 0.4) is 0 Å². The van der Waals surface area contributed by atoms with Gasteiger partial charge in [-0.15, -0.1) is 0 Å². The number of carbonyl (C=O) groups is 1. The van der Waals surface area contributed by atoms with Crippen molar-refractivity contribution in [2.45, 2.75) is 25.9 Å². The summed E-state index contributed by atoms with van der Waals surface area (Å²) in [6.07, 6.45) is 1.17. The van der Waals surface area contributed by atoms with E-state index < -0.39 is 0 Å². The summed E-state index contributed by atoms with van der Waals surface area (Å²) in [6.45, 7) is 5.31. The van der Waals surface area contributed by atoms with Crippen molar-refractivity contribution in [1.82, 2.24) is 15.3 Å². The lowest BCUT2D eigenvalue weighted by atomic mass is 10.1. The van der Waals surface area contributed by atoms with Crippen molar-refractivity contribution in [2.24, 2.45) is 5.92 Å². The number of hydrogen-bond acceptors (Lipinski definition) is 7. The van der Waals surface area contributed by atoms with Gasteiger partial charge in [-0.2, -0.15) is 0 Å². The van der Waals surface area contributed by atoms with E-state index in [1.54, 1.807) is 12.1 Å². The van der Waals surface area contributed by atoms with Crippen molar-refractivity contribution < 1.29 is 19.4 Å². The minimum Gasteiger partial charge on any atom is -0.507 e. The standard InChI is InChI=1S/C25H28N4O4/c1-16-6-7-19-21(12-16)27-23(20-4-2-3-5-22(20)30)28-24(19)29-10-8-17(14-29)13-26-25(31)33-18-9-11-32-15-18/h2-7,12,17-18,30H,8-11,13-15H2,1H3,(H,26,31)/t17?,18-/m0/s1. The molecule has 2 aliphatic rings. The number of aromatic hydroxyl groups is 1. The largest absolute Gasteiger partial charge is 0.507 e. The van der Waals surface area contributed by atoms with Crippen molar-refractivity contribution in [1.29, 1.82) is 0 Å². The molecule has 3 heterocycles. The second-order valence-corrected chi connectivity index (χ2v) is 8.78. The Labute approximate surface area is 192 Å². The number of nitrogens with one attached hydrogen (secondary N) is 1. The van der Waals surface area contributed by atoms with Gasteiger partial charge in [0.2, 0.25) is 0 Å². The number of aromatic nitrogens is 2. The van der Waals surface area contributed by atoms with Gasteiger partial charge in [-0.25, -0.2) is 14.8 Å². The Morgan fingerprint density at radius 2 is 2.12 bits per heavy atom. The summed E-state index contributed by atoms with van der Waals surface area (Å²) in [6, 6.07) is 13.3. The zero-order chi connectivity index (χ0) is 22.8. The van der Waals surface area contributed by atoms with Crippen molar-refractivity contribution in [3.05, 3.63) is 48.0 Å². The van der Waals surface area contributed by atoms with Crippen molar-refractivity contribution in [2.75, 3.05) is 37.7 Å². The number of amides is 1. The topological polar surface area (TPSA) is 96.8 Å². The number of hydrogen-bond donors (Lipinski definition) is 2. The normalized spacial score (nSPS) is 20.3. The average molecular weight is 449 g/mol. The monoisotopic (exact) mass is 448 g/mol. The number of aryl methyl sites for hydroxylation is 1. The summed E-state index contributed by atoms with van der Waals surface area (Å²) in [5, 5.41) is 14.2. The number of alkyl carbamates (subject to hydrolysis) is 1. The van der Waals surface area contributed by atoms with Crippen LogP contribution in [-0.2, 0) is 9.47 Å². The first-order valence-electron chi connectivity index (χ1n) is 11.4. The second-order valence-electron chi connectivity index (χ2n) is 8.78. The van der Waals surface area contributed by atoms with E-state index in [0.717, 1.165) is 48.2 Å². The minimum atomic E-state index is -0.381. The molecule has 3 aromatic rings. The van der Waals surface area contributed by atoms with E-state index in [1.165, 1.54) is 0 Å². The van der Waals surface area contributed by atoms with Gasteiger partial charge in [0.1, 0.15) is 17.7 Å². The highest BCUT2D eigenvalue weighted by Gasteiger charge is 2.27. The molecule has 0 radical (unpaired) electrons. The molecule has 1 unspecified atom stereocenters. The molecule has 33 heavy (non-hydrogen) atoms. The molecule has 5 rings (SSSR count). The summed E-state index contributed by atoms with van der Waals surface area (Å²) in [5.74, 6) is 1.81. The zero-order valence-electron chi connectivity index (χ0n) is 18.7. The lowest BCUT2D eigenvalue weighted by Crippen LogP contribution is -2.34. The van der Waals surface area contributed by atoms with Crippen LogP contribution in [0.15, 0.2) is 42.5 Å². The Morgan fingerprint density at radius 3 is 2.94 bits per heavy atom. The fourth-order valence-corrected chi connectivity index (χ4v) is 4.47. The maximum atomic E-state index is 12.1. The summed E-state index contributed by atoms with van der Waals surface area (Å²) >= 11 is 0. The van der Waals surface area contributed by atoms with E-state index in [2.05, 4.69) is 22.3 Å². The predicted octanol–water partition coefficient (Wildman–Crippen LogP) is 3.65. The quantitative estimate of drug-likeness (QED) is 0.615. The number of nitrogens with zero attached hydrogens (tertiary/aromatic N) is 3. The number of rotatable bonds is 5. The summed E-state index contributed by atoms with van der Waals surface area (Å²) in [7, 11) is 0. The highest BCUT2D eigenvalue weighted by Crippen LogP contribution is 2.33. The van der Waals surface area contributed by atoms with Crippen LogP contribution in [0.5, 0.6) is 5.75 Å². The Kier molecular flexibility index (Phi) is 6.00. The number of fused-ring (bicyclic) bond motifs is 1. The molecule has 2 atom stereocenters. The van der Waals surface area contributed by atoms with Crippen LogP contribution in [0.4, 0.5) is 10.6 Å². The van der Waals surface area contributed by atoms with Crippen molar-refractivity contribution in [3.8, 4) is 17.1 Å². The van der Waals surface area contributed by atoms with Crippen LogP contribution < -0.4 is 10.2 Å². The second kappa shape index (κ2) is 9.23. The zero-order valence-corrected chi connectivity index (χ0v) is 18.7. The third-order valence-electron chi connectivity index (χ3n) is 6.26. The van der Waals surface area contributed by atoms with Gasteiger partial charge in [0.15, 0.2) is 5.82 Å². The van der Waals surface area contributed by atoms with Crippen LogP contribution in [0.1, 0.15) is 18.4 Å². The fraction of sp³-hybridized carbons (Fsp3) is 0.400. The highest BCUT2D eigenvalue weighted by molar-refractivity contribution is 5.92. The molecule has 2 aliphatic heterocycles. The van der Waals surface area contributed by atoms with E-state index >= 15 is 0 Å². The van der Waals surface area contributed by atoms with Crippen LogP contribution >= 0.6 is 0 Å². The predicted molar refractivity (Wildman–Crippen MR) is 125 cm³/mol. The van der Waals surface area contributed by atoms with Gasteiger partial charge in [0.25, 0.3) is 0 Å². The molecule has 2 saturated heterocycles. The Morgan fingerprint density at radius 1 is 1.24 bits per heavy atom. The molecular weight excluding hydrogens is 420 g/mol. The van der Waals surface area contributed by atoms with E-state index in [4.69, 9.17) is 19.4 Å². The number of carbonyl (C=O) groups excluding carboxylic acids is 1. The minimum absolute atomic E-state index is 0.145. The lowest BCUT2D eigenvalue weighted by molar-refractivity contribution is 0.0825. The molecule has 0 aliphatic carbocycles. The Balaban J connectivity index is 1.34. The van der Waals surface area contributed by atoms with Crippen LogP contribution in [-0.4, -0.2) is 60.1 Å². The number of ether oxygens (including phenoxy) is 2. The molecular formula is C25H28N4O4. The lowest BCUT2D eigenvalue weighted by Gasteiger charge is -2.21. The molecule has 2 aromatic carbocycles. The van der Waals surface area contributed by atoms with Gasteiger partial charge in [-0.05, 0) is 49.1 Å². The molecule has 1 amide bonds. The Hall–Kier alpha value is -3.39. The number of phenols is 1. The molecule has 0 spiro atoms. The maximum absolute atomic E-state index is 12.1. The fourth-order valence-electron chi connectivity index (χ4n) is 4.47. The van der Waals surface area contributed by atoms with Gasteiger partial charge in [0.05, 0.1) is 24.3 Å².